The quantitative estimate of drug-likeness (QED) is 0.228. The molecule has 0 saturated carbocycles. The van der Waals surface area contributed by atoms with Gasteiger partial charge in [0.15, 0.2) is 18.8 Å². The number of hydrogen-bond donors (Lipinski definition) is 0. The molecule has 0 aliphatic carbocycles. The maximum Gasteiger partial charge on any atom is 0.344 e. The predicted octanol–water partition coefficient (Wildman–Crippen LogP) is 0.460. The lowest BCUT2D eigenvalue weighted by atomic mass is 10.1. The zero-order valence-corrected chi connectivity index (χ0v) is 16.1. The van der Waals surface area contributed by atoms with Crippen molar-refractivity contribution in [2.75, 3.05) is 41.2 Å². The fraction of sp³-hybridized carbons (Fsp3) is 0.750. The molecule has 0 rings (SSSR count). The second kappa shape index (κ2) is 16.3. The van der Waals surface area contributed by atoms with Crippen LogP contribution in [0.25, 0.3) is 0 Å². The summed E-state index contributed by atoms with van der Waals surface area (Å²) in [5, 5.41) is 0. The van der Waals surface area contributed by atoms with E-state index in [1.165, 1.54) is 28.3 Å². The molecule has 0 fully saturated rings. The Balaban J connectivity index is 0. The van der Waals surface area contributed by atoms with Gasteiger partial charge in [-0.25, -0.2) is 4.79 Å². The van der Waals surface area contributed by atoms with Crippen LogP contribution in [0.5, 0.6) is 0 Å². The van der Waals surface area contributed by atoms with Crippen LogP contribution in [0.4, 0.5) is 0 Å². The molecule has 0 saturated heterocycles. The molecule has 0 bridgehead atoms. The number of carbonyl (C=O) groups excluding carboxylic acids is 4. The Bertz CT molecular complexity index is 413. The minimum atomic E-state index is -1.02. The van der Waals surface area contributed by atoms with Gasteiger partial charge < -0.3 is 28.4 Å². The first-order valence-electron chi connectivity index (χ1n) is 7.86. The summed E-state index contributed by atoms with van der Waals surface area (Å²) in [5.74, 6) is -3.36. The molecule has 10 heteroatoms. The molecule has 0 aliphatic heterocycles. The van der Waals surface area contributed by atoms with E-state index in [2.05, 4.69) is 18.9 Å². The van der Waals surface area contributed by atoms with Crippen molar-refractivity contribution in [1.82, 2.24) is 0 Å². The van der Waals surface area contributed by atoms with E-state index in [1.54, 1.807) is 13.8 Å². The maximum atomic E-state index is 11.4. The standard InChI is InChI=1S/C11H20O6.C5H8O4/c1-5-16-9(17-6-2)7-8(10(12)14-3)11(13)15-4;1-4(6)9-3-5(7)8-2/h8-9H,5-7H2,1-4H3;3H2,1-2H3. The van der Waals surface area contributed by atoms with Gasteiger partial charge in [0.1, 0.15) is 0 Å². The van der Waals surface area contributed by atoms with Crippen molar-refractivity contribution < 1.29 is 47.6 Å². The first-order chi connectivity index (χ1) is 12.3. The topological polar surface area (TPSA) is 124 Å². The Morgan fingerprint density at radius 1 is 0.808 bits per heavy atom. The highest BCUT2D eigenvalue weighted by atomic mass is 16.7. The molecule has 0 aromatic heterocycles. The largest absolute Gasteiger partial charge is 0.468 e. The Kier molecular flexibility index (Phi) is 16.3. The Hall–Kier alpha value is -2.20. The molecule has 0 N–H and O–H groups in total. The smallest absolute Gasteiger partial charge is 0.344 e. The molecule has 0 spiro atoms. The highest BCUT2D eigenvalue weighted by molar-refractivity contribution is 5.94. The summed E-state index contributed by atoms with van der Waals surface area (Å²) >= 11 is 0. The van der Waals surface area contributed by atoms with Crippen LogP contribution in [-0.2, 0) is 47.6 Å². The van der Waals surface area contributed by atoms with E-state index in [0.29, 0.717) is 13.2 Å². The van der Waals surface area contributed by atoms with Gasteiger partial charge in [0.25, 0.3) is 0 Å². The lowest BCUT2D eigenvalue weighted by Crippen LogP contribution is -2.32. The minimum Gasteiger partial charge on any atom is -0.468 e. The molecule has 0 aromatic carbocycles. The summed E-state index contributed by atoms with van der Waals surface area (Å²) in [7, 11) is 3.66. The van der Waals surface area contributed by atoms with Gasteiger partial charge in [0.05, 0.1) is 21.3 Å². The Labute approximate surface area is 153 Å². The summed E-state index contributed by atoms with van der Waals surface area (Å²) in [6, 6.07) is 0. The number of rotatable bonds is 10. The van der Waals surface area contributed by atoms with Crippen molar-refractivity contribution in [1.29, 1.82) is 0 Å². The third-order valence-electron chi connectivity index (χ3n) is 2.73. The molecule has 0 atom stereocenters. The van der Waals surface area contributed by atoms with Crippen molar-refractivity contribution in [2.24, 2.45) is 5.92 Å². The third kappa shape index (κ3) is 13.1. The predicted molar refractivity (Wildman–Crippen MR) is 87.8 cm³/mol. The van der Waals surface area contributed by atoms with Crippen LogP contribution in [0.15, 0.2) is 0 Å². The SMILES string of the molecule is CCOC(CC(C(=O)OC)C(=O)OC)OCC.COC(=O)COC(C)=O. The van der Waals surface area contributed by atoms with Crippen molar-refractivity contribution in [3.05, 3.63) is 0 Å². The average molecular weight is 380 g/mol. The summed E-state index contributed by atoms with van der Waals surface area (Å²) in [5.41, 5.74) is 0. The normalized spacial score (nSPS) is 9.85. The van der Waals surface area contributed by atoms with Crippen molar-refractivity contribution in [3.8, 4) is 0 Å². The van der Waals surface area contributed by atoms with E-state index in [4.69, 9.17) is 9.47 Å². The fourth-order valence-corrected chi connectivity index (χ4v) is 1.54. The van der Waals surface area contributed by atoms with Crippen LogP contribution in [0, 0.1) is 5.92 Å². The van der Waals surface area contributed by atoms with Gasteiger partial charge in [0, 0.05) is 26.6 Å². The van der Waals surface area contributed by atoms with Crippen LogP contribution in [-0.4, -0.2) is 71.3 Å². The molecule has 0 unspecified atom stereocenters. The van der Waals surface area contributed by atoms with Crippen molar-refractivity contribution in [2.45, 2.75) is 33.5 Å². The summed E-state index contributed by atoms with van der Waals surface area (Å²) in [4.78, 5) is 43.1. The Morgan fingerprint density at radius 3 is 1.58 bits per heavy atom. The maximum absolute atomic E-state index is 11.4. The van der Waals surface area contributed by atoms with Gasteiger partial charge in [-0.1, -0.05) is 0 Å². The van der Waals surface area contributed by atoms with Crippen LogP contribution in [0.1, 0.15) is 27.2 Å². The molecule has 152 valence electrons. The zero-order chi connectivity index (χ0) is 20.5. The minimum absolute atomic E-state index is 0.0844. The van der Waals surface area contributed by atoms with Crippen LogP contribution >= 0.6 is 0 Å². The highest BCUT2D eigenvalue weighted by Crippen LogP contribution is 2.14. The lowest BCUT2D eigenvalue weighted by molar-refractivity contribution is -0.174. The summed E-state index contributed by atoms with van der Waals surface area (Å²) in [6.07, 6.45) is -0.533. The number of esters is 4. The van der Waals surface area contributed by atoms with Gasteiger partial charge in [-0.2, -0.15) is 0 Å². The molecule has 10 nitrogen and oxygen atoms in total. The molecule has 0 aliphatic rings. The second-order valence-corrected chi connectivity index (χ2v) is 4.53. The average Bonchev–Trinajstić information content (AvgIpc) is 2.63. The van der Waals surface area contributed by atoms with Crippen LogP contribution in [0.3, 0.4) is 0 Å². The number of carbonyl (C=O) groups is 4. The van der Waals surface area contributed by atoms with E-state index >= 15 is 0 Å². The molecule has 0 aromatic rings. The lowest BCUT2D eigenvalue weighted by Gasteiger charge is -2.20. The monoisotopic (exact) mass is 380 g/mol. The van der Waals surface area contributed by atoms with Crippen LogP contribution in [0.2, 0.25) is 0 Å². The van der Waals surface area contributed by atoms with Gasteiger partial charge in [0.2, 0.25) is 0 Å². The van der Waals surface area contributed by atoms with E-state index in [1.807, 2.05) is 0 Å². The number of methoxy groups -OCH3 is 3. The van der Waals surface area contributed by atoms with Gasteiger partial charge in [-0.15, -0.1) is 0 Å². The number of ether oxygens (including phenoxy) is 6. The van der Waals surface area contributed by atoms with Gasteiger partial charge in [-0.3, -0.25) is 14.4 Å². The Morgan fingerprint density at radius 2 is 1.27 bits per heavy atom. The molecular formula is C16H28O10. The molecule has 0 amide bonds. The summed E-state index contributed by atoms with van der Waals surface area (Å²) < 4.78 is 28.1. The third-order valence-corrected chi connectivity index (χ3v) is 2.73. The second-order valence-electron chi connectivity index (χ2n) is 4.53. The van der Waals surface area contributed by atoms with E-state index < -0.39 is 36.1 Å². The first-order valence-corrected chi connectivity index (χ1v) is 7.86. The summed E-state index contributed by atoms with van der Waals surface area (Å²) in [6.45, 7) is 5.39. The molecule has 26 heavy (non-hydrogen) atoms. The zero-order valence-electron chi connectivity index (χ0n) is 16.1. The van der Waals surface area contributed by atoms with Crippen molar-refractivity contribution in [3.63, 3.8) is 0 Å². The molecular weight excluding hydrogens is 352 g/mol. The molecule has 0 heterocycles. The van der Waals surface area contributed by atoms with Gasteiger partial charge >= 0.3 is 23.9 Å². The van der Waals surface area contributed by atoms with Gasteiger partial charge in [-0.05, 0) is 13.8 Å². The number of hydrogen-bond acceptors (Lipinski definition) is 10. The van der Waals surface area contributed by atoms with E-state index in [-0.39, 0.29) is 13.0 Å². The first kappa shape index (κ1) is 26.0. The van der Waals surface area contributed by atoms with Crippen molar-refractivity contribution >= 4 is 23.9 Å². The molecule has 0 radical (unpaired) electrons. The van der Waals surface area contributed by atoms with E-state index in [9.17, 15) is 19.2 Å². The van der Waals surface area contributed by atoms with E-state index in [0.717, 1.165) is 0 Å². The van der Waals surface area contributed by atoms with Crippen LogP contribution < -0.4 is 0 Å². The highest BCUT2D eigenvalue weighted by Gasteiger charge is 2.32. The fourth-order valence-electron chi connectivity index (χ4n) is 1.54.